The molecule has 4 rings (SSSR count). The Balaban J connectivity index is 1.63. The molecule has 2 aromatic carbocycles. The minimum Gasteiger partial charge on any atom is -0.363 e. The summed E-state index contributed by atoms with van der Waals surface area (Å²) >= 11 is 0. The van der Waals surface area contributed by atoms with Gasteiger partial charge in [0.2, 0.25) is 6.41 Å². The van der Waals surface area contributed by atoms with Gasteiger partial charge in [0.05, 0.1) is 0 Å². The van der Waals surface area contributed by atoms with Gasteiger partial charge in [-0.05, 0) is 44.3 Å². The van der Waals surface area contributed by atoms with Gasteiger partial charge in [0.25, 0.3) is 0 Å². The topological polar surface area (TPSA) is 111 Å². The zero-order valence-electron chi connectivity index (χ0n) is 18.2. The second-order valence-electron chi connectivity index (χ2n) is 7.70. The molecule has 4 N–H and O–H groups in total. The lowest BCUT2D eigenvalue weighted by Crippen LogP contribution is -2.32. The van der Waals surface area contributed by atoms with E-state index in [0.717, 1.165) is 22.2 Å². The molecule has 0 aliphatic rings. The summed E-state index contributed by atoms with van der Waals surface area (Å²) in [5.74, 6) is 1.30. The maximum absolute atomic E-state index is 11.0. The molecule has 9 nitrogen and oxygen atoms in total. The minimum absolute atomic E-state index is 0.0515. The van der Waals surface area contributed by atoms with Gasteiger partial charge in [-0.2, -0.15) is 5.10 Å². The van der Waals surface area contributed by atoms with Crippen LogP contribution in [0.5, 0.6) is 0 Å². The highest BCUT2D eigenvalue weighted by atomic mass is 16.1. The minimum atomic E-state index is -0.238. The van der Waals surface area contributed by atoms with Crippen LogP contribution in [-0.2, 0) is 4.79 Å². The van der Waals surface area contributed by atoms with Gasteiger partial charge in [-0.3, -0.25) is 14.8 Å². The normalized spacial score (nSPS) is 13.0. The molecule has 0 saturated heterocycles. The van der Waals surface area contributed by atoms with Crippen LogP contribution < -0.4 is 16.0 Å². The molecule has 2 heterocycles. The Morgan fingerprint density at radius 3 is 2.53 bits per heavy atom. The van der Waals surface area contributed by atoms with Gasteiger partial charge in [0.15, 0.2) is 11.5 Å². The Morgan fingerprint density at radius 2 is 1.78 bits per heavy atom. The quantitative estimate of drug-likeness (QED) is 0.237. The van der Waals surface area contributed by atoms with Gasteiger partial charge in [-0.25, -0.2) is 9.97 Å². The lowest BCUT2D eigenvalue weighted by molar-refractivity contribution is -0.111. The van der Waals surface area contributed by atoms with E-state index >= 15 is 0 Å². The molecule has 0 spiro atoms. The SMILES string of the molecule is CC(Nc1ncnc2[nH]nc(Nc3cccc(C(NC=O)N(C)C)c3)c12)c1ccccc1. The lowest BCUT2D eigenvalue weighted by Gasteiger charge is -2.24. The molecule has 0 fully saturated rings. The van der Waals surface area contributed by atoms with Gasteiger partial charge in [0.1, 0.15) is 23.7 Å². The fourth-order valence-corrected chi connectivity index (χ4v) is 3.62. The molecule has 1 amide bonds. The number of nitrogens with zero attached hydrogens (tertiary/aromatic N) is 4. The highest BCUT2D eigenvalue weighted by Gasteiger charge is 2.17. The zero-order valence-corrected chi connectivity index (χ0v) is 18.2. The maximum atomic E-state index is 11.0. The number of rotatable bonds is 9. The number of H-pyrrole nitrogens is 1. The fraction of sp³-hybridized carbons (Fsp3) is 0.217. The molecule has 2 aromatic heterocycles. The second-order valence-corrected chi connectivity index (χ2v) is 7.70. The number of nitrogens with one attached hydrogen (secondary N) is 4. The first kappa shape index (κ1) is 21.3. The average Bonchev–Trinajstić information content (AvgIpc) is 3.21. The van der Waals surface area contributed by atoms with Crippen molar-refractivity contribution >= 4 is 34.8 Å². The summed E-state index contributed by atoms with van der Waals surface area (Å²) in [5.41, 5.74) is 3.57. The zero-order chi connectivity index (χ0) is 22.5. The molecule has 0 radical (unpaired) electrons. The monoisotopic (exact) mass is 430 g/mol. The Labute approximate surface area is 186 Å². The van der Waals surface area contributed by atoms with Crippen LogP contribution in [0.2, 0.25) is 0 Å². The molecule has 0 aliphatic carbocycles. The molecule has 2 atom stereocenters. The van der Waals surface area contributed by atoms with E-state index in [9.17, 15) is 4.79 Å². The van der Waals surface area contributed by atoms with E-state index in [2.05, 4.69) is 55.2 Å². The summed E-state index contributed by atoms with van der Waals surface area (Å²) in [6.07, 6.45) is 1.98. The molecule has 4 aromatic rings. The molecule has 0 aliphatic heterocycles. The van der Waals surface area contributed by atoms with Gasteiger partial charge in [-0.1, -0.05) is 42.5 Å². The predicted molar refractivity (Wildman–Crippen MR) is 126 cm³/mol. The van der Waals surface area contributed by atoms with Gasteiger partial charge >= 0.3 is 0 Å². The third kappa shape index (κ3) is 4.52. The molecular formula is C23H26N8O. The van der Waals surface area contributed by atoms with E-state index in [-0.39, 0.29) is 12.2 Å². The molecule has 32 heavy (non-hydrogen) atoms. The van der Waals surface area contributed by atoms with Crippen molar-refractivity contribution in [2.24, 2.45) is 0 Å². The molecule has 0 bridgehead atoms. The summed E-state index contributed by atoms with van der Waals surface area (Å²) in [7, 11) is 3.82. The molecule has 0 saturated carbocycles. The second kappa shape index (κ2) is 9.44. The van der Waals surface area contributed by atoms with E-state index in [1.807, 2.05) is 61.5 Å². The maximum Gasteiger partial charge on any atom is 0.208 e. The Kier molecular flexibility index (Phi) is 6.27. The number of aromatic nitrogens is 4. The third-order valence-electron chi connectivity index (χ3n) is 5.22. The Hall–Kier alpha value is -3.98. The van der Waals surface area contributed by atoms with Crippen LogP contribution in [0.1, 0.15) is 30.3 Å². The van der Waals surface area contributed by atoms with E-state index in [4.69, 9.17) is 0 Å². The van der Waals surface area contributed by atoms with Gasteiger partial charge in [-0.15, -0.1) is 0 Å². The summed E-state index contributed by atoms with van der Waals surface area (Å²) in [5, 5.41) is 17.8. The van der Waals surface area contributed by atoms with E-state index in [1.54, 1.807) is 0 Å². The van der Waals surface area contributed by atoms with Crippen molar-refractivity contribution in [1.82, 2.24) is 30.4 Å². The van der Waals surface area contributed by atoms with E-state index in [1.165, 1.54) is 6.33 Å². The van der Waals surface area contributed by atoms with Crippen molar-refractivity contribution in [3.8, 4) is 0 Å². The van der Waals surface area contributed by atoms with E-state index < -0.39 is 0 Å². The van der Waals surface area contributed by atoms with E-state index in [0.29, 0.717) is 23.7 Å². The van der Waals surface area contributed by atoms with Crippen LogP contribution in [0, 0.1) is 0 Å². The molecule has 2 unspecified atom stereocenters. The van der Waals surface area contributed by atoms with Gasteiger partial charge < -0.3 is 16.0 Å². The number of benzene rings is 2. The van der Waals surface area contributed by atoms with Crippen LogP contribution in [0.15, 0.2) is 60.9 Å². The summed E-state index contributed by atoms with van der Waals surface area (Å²) in [4.78, 5) is 21.7. The lowest BCUT2D eigenvalue weighted by atomic mass is 10.1. The number of carbonyl (C=O) groups is 1. The first-order valence-electron chi connectivity index (χ1n) is 10.3. The number of fused-ring (bicyclic) bond motifs is 1. The van der Waals surface area contributed by atoms with Crippen LogP contribution in [0.4, 0.5) is 17.3 Å². The van der Waals surface area contributed by atoms with Crippen molar-refractivity contribution < 1.29 is 4.79 Å². The molecule has 9 heteroatoms. The van der Waals surface area contributed by atoms with Gasteiger partial charge in [0, 0.05) is 11.7 Å². The molecule has 164 valence electrons. The number of carbonyl (C=O) groups excluding carboxylic acids is 1. The van der Waals surface area contributed by atoms with Crippen molar-refractivity contribution in [3.05, 3.63) is 72.1 Å². The first-order valence-corrected chi connectivity index (χ1v) is 10.3. The predicted octanol–water partition coefficient (Wildman–Crippen LogP) is 3.58. The number of aromatic amines is 1. The largest absolute Gasteiger partial charge is 0.363 e. The first-order chi connectivity index (χ1) is 15.6. The summed E-state index contributed by atoms with van der Waals surface area (Å²) in [6.45, 7) is 2.08. The summed E-state index contributed by atoms with van der Waals surface area (Å²) in [6, 6.07) is 18.0. The average molecular weight is 431 g/mol. The van der Waals surface area contributed by atoms with Crippen LogP contribution in [0.25, 0.3) is 11.0 Å². The third-order valence-corrected chi connectivity index (χ3v) is 5.22. The van der Waals surface area contributed by atoms with Crippen molar-refractivity contribution in [2.45, 2.75) is 19.1 Å². The summed E-state index contributed by atoms with van der Waals surface area (Å²) < 4.78 is 0. The van der Waals surface area contributed by atoms with Crippen LogP contribution >= 0.6 is 0 Å². The highest BCUT2D eigenvalue weighted by Crippen LogP contribution is 2.31. The number of amides is 1. The smallest absolute Gasteiger partial charge is 0.208 e. The number of anilines is 3. The number of hydrogen-bond donors (Lipinski definition) is 4. The Bertz CT molecular complexity index is 1190. The Morgan fingerprint density at radius 1 is 1.00 bits per heavy atom. The van der Waals surface area contributed by atoms with Crippen molar-refractivity contribution in [3.63, 3.8) is 0 Å². The fourth-order valence-electron chi connectivity index (χ4n) is 3.62. The standard InChI is InChI=1S/C23H26N8O/c1-15(16-8-5-4-6-9-16)27-20-19-21(25-13-24-20)29-30-22(19)28-18-11-7-10-17(12-18)23(26-14-32)31(2)3/h4-15,23H,1-3H3,(H,26,32)(H3,24,25,27,28,29,30). The molecular weight excluding hydrogens is 404 g/mol. The van der Waals surface area contributed by atoms with Crippen LogP contribution in [0.3, 0.4) is 0 Å². The van der Waals surface area contributed by atoms with Crippen LogP contribution in [-0.4, -0.2) is 45.6 Å². The highest BCUT2D eigenvalue weighted by molar-refractivity contribution is 5.97. The number of hydrogen-bond acceptors (Lipinski definition) is 7. The van der Waals surface area contributed by atoms with Crippen molar-refractivity contribution in [1.29, 1.82) is 0 Å². The van der Waals surface area contributed by atoms with Crippen molar-refractivity contribution in [2.75, 3.05) is 24.7 Å².